The van der Waals surface area contributed by atoms with Crippen LogP contribution in [0.3, 0.4) is 0 Å². The summed E-state index contributed by atoms with van der Waals surface area (Å²) < 4.78 is 28.1. The zero-order valence-electron chi connectivity index (χ0n) is 11.6. The van der Waals surface area contributed by atoms with E-state index >= 15 is 0 Å². The molecule has 8 heteroatoms. The van der Waals surface area contributed by atoms with Gasteiger partial charge in [0.2, 0.25) is 0 Å². The molecule has 1 aliphatic rings. The first-order valence-corrected chi connectivity index (χ1v) is 6.79. The summed E-state index contributed by atoms with van der Waals surface area (Å²) in [6.07, 6.45) is 0.776. The van der Waals surface area contributed by atoms with E-state index in [2.05, 4.69) is 10.3 Å². The molecule has 22 heavy (non-hydrogen) atoms. The monoisotopic (exact) mass is 308 g/mol. The molecule has 0 aliphatic carbocycles. The molecule has 1 aliphatic heterocycles. The lowest BCUT2D eigenvalue weighted by Gasteiger charge is -2.35. The molecule has 0 radical (unpaired) electrons. The maximum absolute atomic E-state index is 13.3. The van der Waals surface area contributed by atoms with Gasteiger partial charge in [-0.2, -0.15) is 0 Å². The summed E-state index contributed by atoms with van der Waals surface area (Å²) >= 11 is 0. The normalized spacial score (nSPS) is 20.9. The Morgan fingerprint density at radius 3 is 2.91 bits per heavy atom. The average Bonchev–Trinajstić information content (AvgIpc) is 3.04. The summed E-state index contributed by atoms with van der Waals surface area (Å²) in [4.78, 5) is 13.6. The van der Waals surface area contributed by atoms with Gasteiger partial charge < -0.3 is 10.0 Å². The predicted octanol–water partition coefficient (Wildman–Crippen LogP) is 1.11. The molecule has 1 aromatic carbocycles. The van der Waals surface area contributed by atoms with Crippen molar-refractivity contribution in [2.75, 3.05) is 13.1 Å². The quantitative estimate of drug-likeness (QED) is 0.902. The third kappa shape index (κ3) is 2.69. The number of rotatable bonds is 2. The molecule has 1 atom stereocenters. The van der Waals surface area contributed by atoms with Crippen molar-refractivity contribution < 1.29 is 18.7 Å². The minimum Gasteiger partial charge on any atom is -0.385 e. The highest BCUT2D eigenvalue weighted by molar-refractivity contribution is 5.94. The molecule has 116 valence electrons. The second-order valence-electron chi connectivity index (χ2n) is 5.18. The second-order valence-corrected chi connectivity index (χ2v) is 5.18. The van der Waals surface area contributed by atoms with Gasteiger partial charge in [0.25, 0.3) is 11.8 Å². The van der Waals surface area contributed by atoms with Gasteiger partial charge in [0.05, 0.1) is 24.6 Å². The molecule has 1 N–H and O–H groups in total. The standard InChI is InChI=1S/C14H14F2N4O2/c15-14(16)4-6-19(9-12(14)21)13(22)10-2-1-3-11(8-10)20-7-5-17-18-20/h1-3,5,7-8,12,21H,4,6,9H2. The second kappa shape index (κ2) is 5.45. The van der Waals surface area contributed by atoms with E-state index in [-0.39, 0.29) is 13.1 Å². The van der Waals surface area contributed by atoms with E-state index in [0.717, 1.165) is 0 Å². The molecule has 1 aromatic heterocycles. The first kappa shape index (κ1) is 14.6. The molecule has 2 heterocycles. The molecule has 1 fully saturated rings. The Morgan fingerprint density at radius 2 is 2.23 bits per heavy atom. The molecule has 0 saturated carbocycles. The largest absolute Gasteiger partial charge is 0.385 e. The van der Waals surface area contributed by atoms with Crippen molar-refractivity contribution >= 4 is 5.91 Å². The lowest BCUT2D eigenvalue weighted by molar-refractivity contribution is -0.141. The van der Waals surface area contributed by atoms with Crippen molar-refractivity contribution in [3.63, 3.8) is 0 Å². The predicted molar refractivity (Wildman–Crippen MR) is 72.8 cm³/mol. The van der Waals surface area contributed by atoms with Crippen LogP contribution in [0.2, 0.25) is 0 Å². The highest BCUT2D eigenvalue weighted by atomic mass is 19.3. The van der Waals surface area contributed by atoms with Crippen LogP contribution in [0.15, 0.2) is 36.7 Å². The van der Waals surface area contributed by atoms with E-state index in [9.17, 15) is 18.7 Å². The molecule has 0 spiro atoms. The van der Waals surface area contributed by atoms with Gasteiger partial charge in [-0.25, -0.2) is 13.5 Å². The Kier molecular flexibility index (Phi) is 3.61. The number of aliphatic hydroxyl groups excluding tert-OH is 1. The first-order valence-electron chi connectivity index (χ1n) is 6.79. The van der Waals surface area contributed by atoms with Crippen LogP contribution in [-0.2, 0) is 0 Å². The minimum absolute atomic E-state index is 0.0869. The zero-order valence-corrected chi connectivity index (χ0v) is 11.6. The number of hydrogen-bond acceptors (Lipinski definition) is 4. The fourth-order valence-electron chi connectivity index (χ4n) is 2.38. The van der Waals surface area contributed by atoms with E-state index in [1.807, 2.05) is 0 Å². The maximum Gasteiger partial charge on any atom is 0.276 e. The van der Waals surface area contributed by atoms with E-state index in [0.29, 0.717) is 11.3 Å². The van der Waals surface area contributed by atoms with Gasteiger partial charge in [-0.1, -0.05) is 11.3 Å². The Morgan fingerprint density at radius 1 is 1.41 bits per heavy atom. The van der Waals surface area contributed by atoms with E-state index < -0.39 is 24.4 Å². The molecule has 2 aromatic rings. The molecule has 3 rings (SSSR count). The Balaban J connectivity index is 1.80. The number of carbonyl (C=O) groups is 1. The van der Waals surface area contributed by atoms with Crippen LogP contribution in [0.25, 0.3) is 5.69 Å². The molecular formula is C14H14F2N4O2. The van der Waals surface area contributed by atoms with Crippen LogP contribution in [0.1, 0.15) is 16.8 Å². The highest BCUT2D eigenvalue weighted by Gasteiger charge is 2.44. The Bertz CT molecular complexity index is 675. The van der Waals surface area contributed by atoms with Crippen LogP contribution >= 0.6 is 0 Å². The molecule has 6 nitrogen and oxygen atoms in total. The Labute approximate surface area is 125 Å². The zero-order chi connectivity index (χ0) is 15.7. The van der Waals surface area contributed by atoms with Crippen molar-refractivity contribution in [2.24, 2.45) is 0 Å². The number of β-amino-alcohol motifs (C(OH)–C–C–N with tert-alkyl or cyclic N) is 1. The fraction of sp³-hybridized carbons (Fsp3) is 0.357. The first-order chi connectivity index (χ1) is 10.5. The van der Waals surface area contributed by atoms with E-state index in [4.69, 9.17) is 0 Å². The van der Waals surface area contributed by atoms with Crippen molar-refractivity contribution in [3.05, 3.63) is 42.2 Å². The van der Waals surface area contributed by atoms with Gasteiger partial charge in [-0.15, -0.1) is 5.10 Å². The molecule has 0 bridgehead atoms. The number of benzene rings is 1. The number of likely N-dealkylation sites (tertiary alicyclic amines) is 1. The van der Waals surface area contributed by atoms with Crippen LogP contribution in [0, 0.1) is 0 Å². The number of halogens is 2. The Hall–Kier alpha value is -2.35. The van der Waals surface area contributed by atoms with Gasteiger partial charge in [0, 0.05) is 18.5 Å². The van der Waals surface area contributed by atoms with E-state index in [1.54, 1.807) is 30.5 Å². The maximum atomic E-state index is 13.3. The summed E-state index contributed by atoms with van der Waals surface area (Å²) in [5.41, 5.74) is 0.997. The van der Waals surface area contributed by atoms with Crippen LogP contribution in [0.5, 0.6) is 0 Å². The summed E-state index contributed by atoms with van der Waals surface area (Å²) in [6, 6.07) is 6.64. The van der Waals surface area contributed by atoms with Crippen molar-refractivity contribution in [2.45, 2.75) is 18.4 Å². The van der Waals surface area contributed by atoms with E-state index in [1.165, 1.54) is 15.8 Å². The lowest BCUT2D eigenvalue weighted by atomic mass is 10.0. The average molecular weight is 308 g/mol. The molecule has 1 amide bonds. The topological polar surface area (TPSA) is 71.2 Å². The van der Waals surface area contributed by atoms with Gasteiger partial charge in [-0.05, 0) is 18.2 Å². The van der Waals surface area contributed by atoms with Crippen molar-refractivity contribution in [1.82, 2.24) is 19.9 Å². The summed E-state index contributed by atoms with van der Waals surface area (Å²) in [5.74, 6) is -3.53. The number of hydrogen-bond donors (Lipinski definition) is 1. The third-order valence-corrected chi connectivity index (χ3v) is 3.66. The van der Waals surface area contributed by atoms with Crippen LogP contribution in [0.4, 0.5) is 8.78 Å². The molecular weight excluding hydrogens is 294 g/mol. The van der Waals surface area contributed by atoms with Gasteiger partial charge >= 0.3 is 0 Å². The summed E-state index contributed by atoms with van der Waals surface area (Å²) in [5, 5.41) is 17.0. The van der Waals surface area contributed by atoms with Gasteiger partial charge in [0.1, 0.15) is 6.10 Å². The SMILES string of the molecule is O=C(c1cccc(-n2ccnn2)c1)N1CCC(F)(F)C(O)C1. The number of amides is 1. The minimum atomic E-state index is -3.14. The third-order valence-electron chi connectivity index (χ3n) is 3.66. The number of aromatic nitrogens is 3. The fourth-order valence-corrected chi connectivity index (χ4v) is 2.38. The lowest BCUT2D eigenvalue weighted by Crippen LogP contribution is -2.52. The summed E-state index contributed by atoms with van der Waals surface area (Å²) in [7, 11) is 0. The smallest absolute Gasteiger partial charge is 0.276 e. The highest BCUT2D eigenvalue weighted by Crippen LogP contribution is 2.29. The van der Waals surface area contributed by atoms with Crippen LogP contribution in [-0.4, -0.2) is 56.0 Å². The van der Waals surface area contributed by atoms with Crippen LogP contribution < -0.4 is 0 Å². The number of nitrogens with zero attached hydrogens (tertiary/aromatic N) is 4. The summed E-state index contributed by atoms with van der Waals surface area (Å²) in [6.45, 7) is -0.462. The number of carbonyl (C=O) groups excluding carboxylic acids is 1. The number of alkyl halides is 2. The molecule has 1 saturated heterocycles. The molecule has 1 unspecified atom stereocenters. The number of aliphatic hydroxyl groups is 1. The number of piperidine rings is 1. The van der Waals surface area contributed by atoms with Crippen molar-refractivity contribution in [3.8, 4) is 5.69 Å². The van der Waals surface area contributed by atoms with Gasteiger partial charge in [-0.3, -0.25) is 4.79 Å². The van der Waals surface area contributed by atoms with Gasteiger partial charge in [0.15, 0.2) is 0 Å². The van der Waals surface area contributed by atoms with Crippen molar-refractivity contribution in [1.29, 1.82) is 0 Å².